The standard InChI is InChI=1S/C16H22BrNO2/c1-2-11-20-16-8-7-15(17)12-14(16)13-18-9-5-3-4-6-10-19/h1,7-8,12,18-19H,3-6,9-11,13H2. The van der Waals surface area contributed by atoms with Crippen LogP contribution in [0.5, 0.6) is 5.75 Å². The summed E-state index contributed by atoms with van der Waals surface area (Å²) in [6.07, 6.45) is 9.47. The predicted molar refractivity (Wildman–Crippen MR) is 85.7 cm³/mol. The number of ether oxygens (including phenoxy) is 1. The molecule has 0 radical (unpaired) electrons. The van der Waals surface area contributed by atoms with E-state index in [2.05, 4.69) is 27.2 Å². The van der Waals surface area contributed by atoms with Gasteiger partial charge in [-0.05, 0) is 37.6 Å². The van der Waals surface area contributed by atoms with Crippen LogP contribution in [0.25, 0.3) is 0 Å². The maximum Gasteiger partial charge on any atom is 0.148 e. The highest BCUT2D eigenvalue weighted by molar-refractivity contribution is 9.10. The topological polar surface area (TPSA) is 41.5 Å². The molecule has 4 heteroatoms. The zero-order valence-corrected chi connectivity index (χ0v) is 13.3. The minimum atomic E-state index is 0.287. The summed E-state index contributed by atoms with van der Waals surface area (Å²) in [5, 5.41) is 12.1. The normalized spacial score (nSPS) is 10.2. The third-order valence-electron chi connectivity index (χ3n) is 2.91. The van der Waals surface area contributed by atoms with Gasteiger partial charge in [0.15, 0.2) is 0 Å². The molecule has 0 spiro atoms. The average Bonchev–Trinajstić information content (AvgIpc) is 2.45. The fourth-order valence-electron chi connectivity index (χ4n) is 1.88. The zero-order chi connectivity index (χ0) is 14.6. The Morgan fingerprint density at radius 1 is 1.25 bits per heavy atom. The first-order valence-electron chi connectivity index (χ1n) is 6.94. The Balaban J connectivity index is 2.34. The highest BCUT2D eigenvalue weighted by Crippen LogP contribution is 2.23. The molecule has 3 nitrogen and oxygen atoms in total. The minimum absolute atomic E-state index is 0.287. The summed E-state index contributed by atoms with van der Waals surface area (Å²) in [5.41, 5.74) is 1.10. The lowest BCUT2D eigenvalue weighted by Gasteiger charge is -2.11. The first-order valence-corrected chi connectivity index (χ1v) is 7.73. The number of aliphatic hydroxyl groups is 1. The van der Waals surface area contributed by atoms with Crippen molar-refractivity contribution in [1.82, 2.24) is 5.32 Å². The first kappa shape index (κ1) is 17.0. The Hall–Kier alpha value is -1.02. The van der Waals surface area contributed by atoms with Gasteiger partial charge in [-0.15, -0.1) is 6.42 Å². The van der Waals surface area contributed by atoms with E-state index >= 15 is 0 Å². The van der Waals surface area contributed by atoms with Crippen molar-refractivity contribution in [3.05, 3.63) is 28.2 Å². The monoisotopic (exact) mass is 339 g/mol. The first-order chi connectivity index (χ1) is 9.77. The van der Waals surface area contributed by atoms with Crippen LogP contribution in [0.4, 0.5) is 0 Å². The molecule has 0 amide bonds. The highest BCUT2D eigenvalue weighted by Gasteiger charge is 2.04. The van der Waals surface area contributed by atoms with Gasteiger partial charge in [-0.3, -0.25) is 0 Å². The van der Waals surface area contributed by atoms with Crippen molar-refractivity contribution in [2.24, 2.45) is 0 Å². The summed E-state index contributed by atoms with van der Waals surface area (Å²) in [6.45, 7) is 2.31. The molecule has 0 aliphatic heterocycles. The van der Waals surface area contributed by atoms with Crippen LogP contribution in [0.3, 0.4) is 0 Å². The molecule has 0 fully saturated rings. The van der Waals surface area contributed by atoms with Gasteiger partial charge in [0.2, 0.25) is 0 Å². The highest BCUT2D eigenvalue weighted by atomic mass is 79.9. The van der Waals surface area contributed by atoms with Crippen LogP contribution in [0.2, 0.25) is 0 Å². The Kier molecular flexibility index (Phi) is 9.14. The van der Waals surface area contributed by atoms with E-state index in [1.54, 1.807) is 0 Å². The predicted octanol–water partition coefficient (Wildman–Crippen LogP) is 3.10. The Morgan fingerprint density at radius 2 is 2.05 bits per heavy atom. The van der Waals surface area contributed by atoms with Crippen molar-refractivity contribution in [3.8, 4) is 18.1 Å². The average molecular weight is 340 g/mol. The molecule has 1 rings (SSSR count). The summed E-state index contributed by atoms with van der Waals surface area (Å²) in [4.78, 5) is 0. The van der Waals surface area contributed by atoms with Crippen molar-refractivity contribution < 1.29 is 9.84 Å². The van der Waals surface area contributed by atoms with Crippen molar-refractivity contribution in [1.29, 1.82) is 0 Å². The second kappa shape index (κ2) is 10.7. The number of aliphatic hydroxyl groups excluding tert-OH is 1. The van der Waals surface area contributed by atoms with Gasteiger partial charge in [-0.2, -0.15) is 0 Å². The van der Waals surface area contributed by atoms with Crippen LogP contribution in [-0.2, 0) is 6.54 Å². The molecule has 1 aromatic rings. The second-order valence-corrected chi connectivity index (χ2v) is 5.48. The van der Waals surface area contributed by atoms with Gasteiger partial charge >= 0.3 is 0 Å². The molecular formula is C16H22BrNO2. The molecule has 0 aliphatic rings. The molecule has 0 saturated heterocycles. The molecule has 0 aliphatic carbocycles. The zero-order valence-electron chi connectivity index (χ0n) is 11.7. The molecular weight excluding hydrogens is 318 g/mol. The lowest BCUT2D eigenvalue weighted by molar-refractivity contribution is 0.282. The largest absolute Gasteiger partial charge is 0.481 e. The van der Waals surface area contributed by atoms with E-state index < -0.39 is 0 Å². The molecule has 110 valence electrons. The van der Waals surface area contributed by atoms with E-state index in [-0.39, 0.29) is 6.61 Å². The molecule has 0 atom stereocenters. The second-order valence-electron chi connectivity index (χ2n) is 4.56. The third-order valence-corrected chi connectivity index (χ3v) is 3.40. The quantitative estimate of drug-likeness (QED) is 0.508. The van der Waals surface area contributed by atoms with Crippen LogP contribution in [0, 0.1) is 12.3 Å². The Morgan fingerprint density at radius 3 is 2.80 bits per heavy atom. The van der Waals surface area contributed by atoms with Crippen LogP contribution >= 0.6 is 15.9 Å². The van der Waals surface area contributed by atoms with Gasteiger partial charge < -0.3 is 15.2 Å². The lowest BCUT2D eigenvalue weighted by atomic mass is 10.2. The summed E-state index contributed by atoms with van der Waals surface area (Å²) in [5.74, 6) is 3.31. The number of terminal acetylenes is 1. The third kappa shape index (κ3) is 6.95. The van der Waals surface area contributed by atoms with Gasteiger partial charge in [0.1, 0.15) is 12.4 Å². The number of halogens is 1. The smallest absolute Gasteiger partial charge is 0.148 e. The molecule has 0 aromatic heterocycles. The Labute approximate surface area is 129 Å². The SMILES string of the molecule is C#CCOc1ccc(Br)cc1CNCCCCCCO. The molecule has 1 aromatic carbocycles. The van der Waals surface area contributed by atoms with Crippen molar-refractivity contribution in [2.75, 3.05) is 19.8 Å². The summed E-state index contributed by atoms with van der Waals surface area (Å²) in [6, 6.07) is 5.93. The van der Waals surface area contributed by atoms with Gasteiger partial charge in [0.05, 0.1) is 0 Å². The van der Waals surface area contributed by atoms with Crippen LogP contribution < -0.4 is 10.1 Å². The van der Waals surface area contributed by atoms with E-state index in [1.807, 2.05) is 18.2 Å². The Bertz CT molecular complexity index is 429. The number of hydrogen-bond acceptors (Lipinski definition) is 3. The van der Waals surface area contributed by atoms with E-state index in [9.17, 15) is 0 Å². The van der Waals surface area contributed by atoms with Gasteiger partial charge in [-0.1, -0.05) is 34.7 Å². The molecule has 0 saturated carbocycles. The van der Waals surface area contributed by atoms with E-state index in [0.717, 1.165) is 54.6 Å². The fraction of sp³-hybridized carbons (Fsp3) is 0.500. The summed E-state index contributed by atoms with van der Waals surface area (Å²) in [7, 11) is 0. The molecule has 0 heterocycles. The molecule has 0 unspecified atom stereocenters. The number of hydrogen-bond donors (Lipinski definition) is 2. The van der Waals surface area contributed by atoms with Crippen molar-refractivity contribution in [2.45, 2.75) is 32.2 Å². The van der Waals surface area contributed by atoms with Crippen LogP contribution in [0.15, 0.2) is 22.7 Å². The number of unbranched alkanes of at least 4 members (excludes halogenated alkanes) is 3. The lowest BCUT2D eigenvalue weighted by Crippen LogP contribution is -2.15. The summed E-state index contributed by atoms with van der Waals surface area (Å²) >= 11 is 3.47. The van der Waals surface area contributed by atoms with Crippen LogP contribution in [-0.4, -0.2) is 24.9 Å². The number of rotatable bonds is 10. The molecule has 20 heavy (non-hydrogen) atoms. The van der Waals surface area contributed by atoms with Gasteiger partial charge in [-0.25, -0.2) is 0 Å². The minimum Gasteiger partial charge on any atom is -0.481 e. The number of benzene rings is 1. The van der Waals surface area contributed by atoms with Crippen LogP contribution in [0.1, 0.15) is 31.2 Å². The molecule has 2 N–H and O–H groups in total. The van der Waals surface area contributed by atoms with Crippen molar-refractivity contribution >= 4 is 15.9 Å². The van der Waals surface area contributed by atoms with Crippen molar-refractivity contribution in [3.63, 3.8) is 0 Å². The summed E-state index contributed by atoms with van der Waals surface area (Å²) < 4.78 is 6.56. The maximum atomic E-state index is 8.70. The molecule has 0 bridgehead atoms. The fourth-order valence-corrected chi connectivity index (χ4v) is 2.29. The maximum absolute atomic E-state index is 8.70. The van der Waals surface area contributed by atoms with Gasteiger partial charge in [0, 0.05) is 23.2 Å². The van der Waals surface area contributed by atoms with E-state index in [4.69, 9.17) is 16.3 Å². The van der Waals surface area contributed by atoms with E-state index in [1.165, 1.54) is 0 Å². The number of nitrogens with one attached hydrogen (secondary N) is 1. The van der Waals surface area contributed by atoms with Gasteiger partial charge in [0.25, 0.3) is 0 Å². The van der Waals surface area contributed by atoms with E-state index in [0.29, 0.717) is 6.61 Å².